The third kappa shape index (κ3) is 3.18. The van der Waals surface area contributed by atoms with Crippen LogP contribution in [-0.4, -0.2) is 51.0 Å². The van der Waals surface area contributed by atoms with Gasteiger partial charge in [-0.15, -0.1) is 0 Å². The van der Waals surface area contributed by atoms with Gasteiger partial charge in [-0.3, -0.25) is 4.79 Å². The van der Waals surface area contributed by atoms with Crippen molar-refractivity contribution in [1.29, 1.82) is 0 Å². The summed E-state index contributed by atoms with van der Waals surface area (Å²) in [5.74, 6) is 0.558. The van der Waals surface area contributed by atoms with Crippen LogP contribution in [0.15, 0.2) is 6.20 Å². The monoisotopic (exact) mass is 321 g/mol. The molecule has 0 unspecified atom stereocenters. The number of ether oxygens (including phenoxy) is 2. The van der Waals surface area contributed by atoms with Crippen LogP contribution < -0.4 is 4.74 Å². The highest BCUT2D eigenvalue weighted by Crippen LogP contribution is 2.40. The third-order valence-electron chi connectivity index (χ3n) is 4.22. The van der Waals surface area contributed by atoms with Crippen molar-refractivity contribution in [2.75, 3.05) is 13.1 Å². The molecule has 126 valence electrons. The fourth-order valence-electron chi connectivity index (χ4n) is 3.04. The number of hydrogen-bond donors (Lipinski definition) is 0. The Morgan fingerprint density at radius 3 is 2.48 bits per heavy atom. The Morgan fingerprint density at radius 2 is 1.96 bits per heavy atom. The van der Waals surface area contributed by atoms with Gasteiger partial charge in [0.1, 0.15) is 16.9 Å². The molecule has 7 nitrogen and oxygen atoms in total. The number of nitrogens with zero attached hydrogens (tertiary/aromatic N) is 3. The van der Waals surface area contributed by atoms with Crippen molar-refractivity contribution < 1.29 is 19.1 Å². The number of fused-ring (bicyclic) bond motifs is 1. The Bertz CT molecular complexity index is 611. The van der Waals surface area contributed by atoms with Gasteiger partial charge in [0.2, 0.25) is 5.91 Å². The van der Waals surface area contributed by atoms with Gasteiger partial charge in [-0.05, 0) is 20.8 Å². The van der Waals surface area contributed by atoms with Gasteiger partial charge in [0.05, 0.1) is 6.20 Å². The summed E-state index contributed by atoms with van der Waals surface area (Å²) in [6.45, 7) is 8.27. The molecule has 1 aromatic rings. The Morgan fingerprint density at radius 1 is 1.30 bits per heavy atom. The number of amides is 1. The first-order chi connectivity index (χ1) is 10.7. The van der Waals surface area contributed by atoms with Crippen LogP contribution in [0.1, 0.15) is 51.0 Å². The summed E-state index contributed by atoms with van der Waals surface area (Å²) in [6.07, 6.45) is 3.54. The fourth-order valence-corrected chi connectivity index (χ4v) is 3.04. The maximum Gasteiger partial charge on any atom is 0.410 e. The van der Waals surface area contributed by atoms with Crippen molar-refractivity contribution in [3.63, 3.8) is 0 Å². The Balaban J connectivity index is 1.60. The minimum absolute atomic E-state index is 0.128. The lowest BCUT2D eigenvalue weighted by molar-refractivity contribution is -0.00933. The van der Waals surface area contributed by atoms with E-state index in [2.05, 4.69) is 5.10 Å². The van der Waals surface area contributed by atoms with Crippen LogP contribution in [0.5, 0.6) is 5.75 Å². The molecule has 3 heterocycles. The first-order valence-electron chi connectivity index (χ1n) is 7.94. The molecule has 1 amide bonds. The normalized spacial score (nSPS) is 19.4. The van der Waals surface area contributed by atoms with Crippen LogP contribution in [-0.2, 0) is 11.2 Å². The zero-order valence-corrected chi connectivity index (χ0v) is 14.1. The second kappa shape index (κ2) is 5.25. The molecular formula is C16H23N3O4. The van der Waals surface area contributed by atoms with Crippen LogP contribution in [0.4, 0.5) is 4.79 Å². The molecule has 1 fully saturated rings. The number of hydrogen-bond acceptors (Lipinski definition) is 5. The van der Waals surface area contributed by atoms with E-state index in [9.17, 15) is 9.59 Å². The lowest BCUT2D eigenvalue weighted by Crippen LogP contribution is -2.50. The topological polar surface area (TPSA) is 73.7 Å². The van der Waals surface area contributed by atoms with E-state index < -0.39 is 5.60 Å². The molecule has 0 N–H and O–H groups in total. The summed E-state index contributed by atoms with van der Waals surface area (Å²) < 4.78 is 12.8. The van der Waals surface area contributed by atoms with Crippen molar-refractivity contribution in [1.82, 2.24) is 14.7 Å². The Kier molecular flexibility index (Phi) is 3.61. The van der Waals surface area contributed by atoms with Gasteiger partial charge in [-0.25, -0.2) is 9.48 Å². The molecule has 0 aliphatic carbocycles. The van der Waals surface area contributed by atoms with Crippen LogP contribution in [0.3, 0.4) is 0 Å². The summed E-state index contributed by atoms with van der Waals surface area (Å²) in [5, 5.41) is 4.28. The van der Waals surface area contributed by atoms with E-state index in [1.807, 2.05) is 20.8 Å². The molecule has 0 aromatic carbocycles. The molecule has 0 bridgehead atoms. The standard InChI is InChI=1S/C16H23N3O4/c1-11(20)19-10-13-12(17-19)9-16(22-13)5-7-18(8-6-16)14(21)23-15(2,3)4/h10H,5-9H2,1-4H3. The molecule has 1 spiro atoms. The predicted molar refractivity (Wildman–Crippen MR) is 82.6 cm³/mol. The maximum atomic E-state index is 12.1. The highest BCUT2D eigenvalue weighted by atomic mass is 16.6. The average Bonchev–Trinajstić information content (AvgIpc) is 2.93. The van der Waals surface area contributed by atoms with E-state index in [0.29, 0.717) is 25.3 Å². The second-order valence-electron chi connectivity index (χ2n) is 7.33. The highest BCUT2D eigenvalue weighted by molar-refractivity contribution is 5.75. The molecule has 0 atom stereocenters. The lowest BCUT2D eigenvalue weighted by Gasteiger charge is -2.38. The van der Waals surface area contributed by atoms with E-state index in [4.69, 9.17) is 9.47 Å². The van der Waals surface area contributed by atoms with Gasteiger partial charge in [0.15, 0.2) is 5.75 Å². The van der Waals surface area contributed by atoms with E-state index >= 15 is 0 Å². The molecule has 0 saturated carbocycles. The molecule has 1 aromatic heterocycles. The van der Waals surface area contributed by atoms with E-state index in [1.165, 1.54) is 11.6 Å². The maximum absolute atomic E-state index is 12.1. The molecule has 1 saturated heterocycles. The fraction of sp³-hybridized carbons (Fsp3) is 0.688. The lowest BCUT2D eigenvalue weighted by atomic mass is 9.88. The van der Waals surface area contributed by atoms with Crippen molar-refractivity contribution in [3.8, 4) is 5.75 Å². The molecule has 23 heavy (non-hydrogen) atoms. The molecule has 0 radical (unpaired) electrons. The van der Waals surface area contributed by atoms with Gasteiger partial charge in [0.25, 0.3) is 0 Å². The summed E-state index contributed by atoms with van der Waals surface area (Å²) in [6, 6.07) is 0. The first kappa shape index (κ1) is 15.8. The second-order valence-corrected chi connectivity index (χ2v) is 7.33. The number of piperidine rings is 1. The summed E-state index contributed by atoms with van der Waals surface area (Å²) in [5.41, 5.74) is 0.0420. The summed E-state index contributed by atoms with van der Waals surface area (Å²) in [4.78, 5) is 25.2. The number of carbonyl (C=O) groups is 2. The van der Waals surface area contributed by atoms with Gasteiger partial charge in [-0.1, -0.05) is 0 Å². The van der Waals surface area contributed by atoms with Crippen LogP contribution in [0.2, 0.25) is 0 Å². The van der Waals surface area contributed by atoms with Crippen molar-refractivity contribution in [2.45, 2.75) is 58.2 Å². The predicted octanol–water partition coefficient (Wildman–Crippen LogP) is 2.25. The molecule has 7 heteroatoms. The molecular weight excluding hydrogens is 298 g/mol. The van der Waals surface area contributed by atoms with Gasteiger partial charge >= 0.3 is 6.09 Å². The van der Waals surface area contributed by atoms with Gasteiger partial charge in [-0.2, -0.15) is 5.10 Å². The minimum atomic E-state index is -0.483. The number of aromatic nitrogens is 2. The third-order valence-corrected chi connectivity index (χ3v) is 4.22. The summed E-state index contributed by atoms with van der Waals surface area (Å²) >= 11 is 0. The number of rotatable bonds is 0. The van der Waals surface area contributed by atoms with Gasteiger partial charge in [0, 0.05) is 39.3 Å². The Hall–Kier alpha value is -2.05. The molecule has 2 aliphatic heterocycles. The average molecular weight is 321 g/mol. The van der Waals surface area contributed by atoms with E-state index in [0.717, 1.165) is 18.5 Å². The van der Waals surface area contributed by atoms with Gasteiger partial charge < -0.3 is 14.4 Å². The number of carbonyl (C=O) groups excluding carboxylic acids is 2. The zero-order chi connectivity index (χ0) is 16.8. The van der Waals surface area contributed by atoms with Crippen LogP contribution >= 0.6 is 0 Å². The SMILES string of the molecule is CC(=O)n1cc2c(n1)CC1(CCN(C(=O)OC(C)(C)C)CC1)O2. The van der Waals surface area contributed by atoms with Crippen molar-refractivity contribution >= 4 is 12.0 Å². The first-order valence-corrected chi connectivity index (χ1v) is 7.94. The minimum Gasteiger partial charge on any atom is -0.483 e. The highest BCUT2D eigenvalue weighted by Gasteiger charge is 2.45. The van der Waals surface area contributed by atoms with Crippen molar-refractivity contribution in [3.05, 3.63) is 11.9 Å². The van der Waals surface area contributed by atoms with Crippen molar-refractivity contribution in [2.24, 2.45) is 0 Å². The largest absolute Gasteiger partial charge is 0.483 e. The zero-order valence-electron chi connectivity index (χ0n) is 14.1. The van der Waals surface area contributed by atoms with E-state index in [1.54, 1.807) is 11.1 Å². The number of likely N-dealkylation sites (tertiary alicyclic amines) is 1. The summed E-state index contributed by atoms with van der Waals surface area (Å²) in [7, 11) is 0. The molecule has 2 aliphatic rings. The smallest absolute Gasteiger partial charge is 0.410 e. The Labute approximate surface area is 135 Å². The quantitative estimate of drug-likeness (QED) is 0.733. The van der Waals surface area contributed by atoms with E-state index in [-0.39, 0.29) is 17.6 Å². The van der Waals surface area contributed by atoms with Crippen LogP contribution in [0, 0.1) is 0 Å². The van der Waals surface area contributed by atoms with Crippen LogP contribution in [0.25, 0.3) is 0 Å². The molecule has 3 rings (SSSR count).